The summed E-state index contributed by atoms with van der Waals surface area (Å²) in [5.41, 5.74) is 0.635. The summed E-state index contributed by atoms with van der Waals surface area (Å²) in [6.07, 6.45) is 1.14. The van der Waals surface area contributed by atoms with Gasteiger partial charge in [-0.3, -0.25) is 9.59 Å². The number of carbonyl (C=O) groups excluding carboxylic acids is 2. The Labute approximate surface area is 135 Å². The highest BCUT2D eigenvalue weighted by Crippen LogP contribution is 2.30. The summed E-state index contributed by atoms with van der Waals surface area (Å²) in [5.74, 6) is -0.710. The molecule has 1 aliphatic heterocycles. The molecule has 120 valence electrons. The van der Waals surface area contributed by atoms with Crippen molar-refractivity contribution in [1.82, 2.24) is 5.32 Å². The molecule has 0 spiro atoms. The lowest BCUT2D eigenvalue weighted by atomic mass is 10.1. The fraction of sp³-hybridized carbons (Fsp3) is 0.500. The van der Waals surface area contributed by atoms with E-state index < -0.39 is 12.0 Å². The van der Waals surface area contributed by atoms with Gasteiger partial charge in [0.15, 0.2) is 0 Å². The number of benzene rings is 1. The van der Waals surface area contributed by atoms with Crippen LogP contribution in [0.15, 0.2) is 24.3 Å². The molecule has 0 bridgehead atoms. The maximum absolute atomic E-state index is 12.1. The summed E-state index contributed by atoms with van der Waals surface area (Å²) >= 11 is 6.11. The molecule has 0 aliphatic carbocycles. The summed E-state index contributed by atoms with van der Waals surface area (Å²) in [4.78, 5) is 25.8. The Hall–Kier alpha value is -1.59. The van der Waals surface area contributed by atoms with Crippen LogP contribution < -0.4 is 10.2 Å². The third-order valence-electron chi connectivity index (χ3n) is 3.77. The summed E-state index contributed by atoms with van der Waals surface area (Å²) in [6.45, 7) is 2.52. The summed E-state index contributed by atoms with van der Waals surface area (Å²) in [5, 5.41) is 12.9. The van der Waals surface area contributed by atoms with Crippen molar-refractivity contribution in [3.05, 3.63) is 29.3 Å². The smallest absolute Gasteiger partial charge is 0.227 e. The van der Waals surface area contributed by atoms with Crippen molar-refractivity contribution in [2.75, 3.05) is 18.0 Å². The number of aliphatic hydroxyl groups excluding tert-OH is 1. The number of nitrogens with one attached hydrogen (secondary N) is 1. The molecule has 2 unspecified atom stereocenters. The lowest BCUT2D eigenvalue weighted by Gasteiger charge is -2.18. The van der Waals surface area contributed by atoms with E-state index in [-0.39, 0.29) is 24.8 Å². The number of amides is 2. The average molecular weight is 325 g/mol. The first-order valence-electron chi connectivity index (χ1n) is 7.53. The SMILES string of the molecule is CCCC(O)CNC(=O)C1CC(=O)N(c2ccccc2Cl)C1. The molecular weight excluding hydrogens is 304 g/mol. The zero-order valence-corrected chi connectivity index (χ0v) is 13.3. The first kappa shape index (κ1) is 16.8. The van der Waals surface area contributed by atoms with E-state index in [1.807, 2.05) is 13.0 Å². The van der Waals surface area contributed by atoms with E-state index in [2.05, 4.69) is 5.32 Å². The summed E-state index contributed by atoms with van der Waals surface area (Å²) < 4.78 is 0. The third kappa shape index (κ3) is 3.99. The van der Waals surface area contributed by atoms with Crippen molar-refractivity contribution in [1.29, 1.82) is 0 Å². The second kappa shape index (κ2) is 7.61. The molecule has 1 aliphatic rings. The second-order valence-electron chi connectivity index (χ2n) is 5.54. The zero-order chi connectivity index (χ0) is 16.1. The van der Waals surface area contributed by atoms with Crippen molar-refractivity contribution in [2.45, 2.75) is 32.3 Å². The number of aliphatic hydroxyl groups is 1. The molecule has 1 aromatic rings. The zero-order valence-electron chi connectivity index (χ0n) is 12.6. The van der Waals surface area contributed by atoms with Crippen LogP contribution in [-0.4, -0.2) is 36.1 Å². The van der Waals surface area contributed by atoms with E-state index in [0.29, 0.717) is 23.7 Å². The van der Waals surface area contributed by atoms with Gasteiger partial charge in [0.2, 0.25) is 11.8 Å². The molecule has 0 radical (unpaired) electrons. The van der Waals surface area contributed by atoms with Crippen LogP contribution in [0, 0.1) is 5.92 Å². The molecule has 0 saturated carbocycles. The van der Waals surface area contributed by atoms with Gasteiger partial charge in [0.1, 0.15) is 0 Å². The number of hydrogen-bond acceptors (Lipinski definition) is 3. The van der Waals surface area contributed by atoms with E-state index in [1.165, 1.54) is 0 Å². The Morgan fingerprint density at radius 2 is 2.23 bits per heavy atom. The quantitative estimate of drug-likeness (QED) is 0.840. The molecule has 0 aromatic heterocycles. The monoisotopic (exact) mass is 324 g/mol. The highest BCUT2D eigenvalue weighted by Gasteiger charge is 2.35. The standard InChI is InChI=1S/C16H21ClN2O3/c1-2-5-12(20)9-18-16(22)11-8-15(21)19(10-11)14-7-4-3-6-13(14)17/h3-4,6-7,11-12,20H,2,5,8-10H2,1H3,(H,18,22). The lowest BCUT2D eigenvalue weighted by Crippen LogP contribution is -2.37. The molecule has 6 heteroatoms. The molecule has 1 aromatic carbocycles. The van der Waals surface area contributed by atoms with Gasteiger partial charge in [-0.25, -0.2) is 0 Å². The van der Waals surface area contributed by atoms with Gasteiger partial charge in [0.25, 0.3) is 0 Å². The van der Waals surface area contributed by atoms with Crippen LogP contribution in [0.3, 0.4) is 0 Å². The number of rotatable bonds is 6. The van der Waals surface area contributed by atoms with Gasteiger partial charge < -0.3 is 15.3 Å². The summed E-state index contributed by atoms with van der Waals surface area (Å²) in [7, 11) is 0. The van der Waals surface area contributed by atoms with Crippen LogP contribution in [0.5, 0.6) is 0 Å². The van der Waals surface area contributed by atoms with Crippen LogP contribution in [0.4, 0.5) is 5.69 Å². The first-order valence-corrected chi connectivity index (χ1v) is 7.91. The van der Waals surface area contributed by atoms with Crippen molar-refractivity contribution in [3.63, 3.8) is 0 Å². The molecule has 22 heavy (non-hydrogen) atoms. The highest BCUT2D eigenvalue weighted by atomic mass is 35.5. The Balaban J connectivity index is 1.94. The number of nitrogens with zero attached hydrogens (tertiary/aromatic N) is 1. The largest absolute Gasteiger partial charge is 0.391 e. The number of halogens is 1. The Bertz CT molecular complexity index is 550. The topological polar surface area (TPSA) is 69.6 Å². The van der Waals surface area contributed by atoms with Crippen LogP contribution >= 0.6 is 11.6 Å². The van der Waals surface area contributed by atoms with Crippen LogP contribution in [0.25, 0.3) is 0 Å². The van der Waals surface area contributed by atoms with Crippen molar-refractivity contribution in [2.24, 2.45) is 5.92 Å². The molecule has 2 amide bonds. The lowest BCUT2D eigenvalue weighted by molar-refractivity contribution is -0.126. The van der Waals surface area contributed by atoms with Gasteiger partial charge >= 0.3 is 0 Å². The molecular formula is C16H21ClN2O3. The molecule has 1 saturated heterocycles. The average Bonchev–Trinajstić information content (AvgIpc) is 2.87. The summed E-state index contributed by atoms with van der Waals surface area (Å²) in [6, 6.07) is 7.10. The van der Waals surface area contributed by atoms with E-state index in [0.717, 1.165) is 6.42 Å². The minimum absolute atomic E-state index is 0.109. The van der Waals surface area contributed by atoms with Gasteiger partial charge in [0.05, 0.1) is 22.7 Å². The fourth-order valence-electron chi connectivity index (χ4n) is 2.58. The van der Waals surface area contributed by atoms with Gasteiger partial charge in [-0.2, -0.15) is 0 Å². The number of carbonyl (C=O) groups is 2. The molecule has 2 atom stereocenters. The van der Waals surface area contributed by atoms with Gasteiger partial charge in [-0.1, -0.05) is 37.1 Å². The molecule has 2 N–H and O–H groups in total. The van der Waals surface area contributed by atoms with Crippen LogP contribution in [-0.2, 0) is 9.59 Å². The van der Waals surface area contributed by atoms with E-state index >= 15 is 0 Å². The maximum Gasteiger partial charge on any atom is 0.227 e. The third-order valence-corrected chi connectivity index (χ3v) is 4.09. The first-order chi connectivity index (χ1) is 10.5. The van der Waals surface area contributed by atoms with Crippen molar-refractivity contribution in [3.8, 4) is 0 Å². The molecule has 2 rings (SSSR count). The minimum atomic E-state index is -0.536. The Morgan fingerprint density at radius 3 is 2.91 bits per heavy atom. The normalized spacial score (nSPS) is 19.3. The Morgan fingerprint density at radius 1 is 1.50 bits per heavy atom. The van der Waals surface area contributed by atoms with Crippen molar-refractivity contribution < 1.29 is 14.7 Å². The predicted octanol–water partition coefficient (Wildman–Crippen LogP) is 1.97. The molecule has 1 heterocycles. The van der Waals surface area contributed by atoms with E-state index in [1.54, 1.807) is 23.1 Å². The number of para-hydroxylation sites is 1. The van der Waals surface area contributed by atoms with Crippen LogP contribution in [0.1, 0.15) is 26.2 Å². The van der Waals surface area contributed by atoms with Crippen LogP contribution in [0.2, 0.25) is 5.02 Å². The van der Waals surface area contributed by atoms with Gasteiger partial charge in [-0.15, -0.1) is 0 Å². The van der Waals surface area contributed by atoms with Gasteiger partial charge in [0, 0.05) is 19.5 Å². The highest BCUT2D eigenvalue weighted by molar-refractivity contribution is 6.33. The fourth-order valence-corrected chi connectivity index (χ4v) is 2.82. The van der Waals surface area contributed by atoms with Crippen molar-refractivity contribution >= 4 is 29.1 Å². The molecule has 1 fully saturated rings. The van der Waals surface area contributed by atoms with E-state index in [4.69, 9.17) is 11.6 Å². The second-order valence-corrected chi connectivity index (χ2v) is 5.95. The predicted molar refractivity (Wildman–Crippen MR) is 85.8 cm³/mol. The molecule has 5 nitrogen and oxygen atoms in total. The Kier molecular flexibility index (Phi) is 5.80. The number of hydrogen-bond donors (Lipinski definition) is 2. The van der Waals surface area contributed by atoms with E-state index in [9.17, 15) is 14.7 Å². The minimum Gasteiger partial charge on any atom is -0.391 e. The van der Waals surface area contributed by atoms with Gasteiger partial charge in [-0.05, 0) is 18.6 Å². The maximum atomic E-state index is 12.1. The number of anilines is 1.